The molecule has 0 aliphatic rings. The van der Waals surface area contributed by atoms with Crippen LogP contribution in [0.1, 0.15) is 22.5 Å². The Balaban J connectivity index is 2.52. The molecule has 19 heavy (non-hydrogen) atoms. The number of amides is 2. The third-order valence-electron chi connectivity index (χ3n) is 2.43. The molecule has 0 aromatic carbocycles. The van der Waals surface area contributed by atoms with Gasteiger partial charge in [0.15, 0.2) is 0 Å². The molecule has 1 heterocycles. The number of furan rings is 1. The molecule has 0 aliphatic carbocycles. The first-order chi connectivity index (χ1) is 8.91. The fourth-order valence-corrected chi connectivity index (χ4v) is 1.42. The van der Waals surface area contributed by atoms with Crippen LogP contribution in [0.2, 0.25) is 0 Å². The highest BCUT2D eigenvalue weighted by molar-refractivity contribution is 5.96. The van der Waals surface area contributed by atoms with Gasteiger partial charge >= 0.3 is 5.97 Å². The summed E-state index contributed by atoms with van der Waals surface area (Å²) in [5.74, 6) is -1.52. The predicted octanol–water partition coefficient (Wildman–Crippen LogP) is 0.115. The van der Waals surface area contributed by atoms with Crippen molar-refractivity contribution in [1.82, 2.24) is 10.2 Å². The lowest BCUT2D eigenvalue weighted by Crippen LogP contribution is -2.30. The zero-order valence-corrected chi connectivity index (χ0v) is 10.8. The van der Waals surface area contributed by atoms with Crippen molar-refractivity contribution in [3.8, 4) is 0 Å². The lowest BCUT2D eigenvalue weighted by atomic mass is 10.2. The highest BCUT2D eigenvalue weighted by Crippen LogP contribution is 2.11. The average molecular weight is 268 g/mol. The largest absolute Gasteiger partial charge is 0.481 e. The Hall–Kier alpha value is -2.31. The highest BCUT2D eigenvalue weighted by atomic mass is 16.4. The summed E-state index contributed by atoms with van der Waals surface area (Å²) in [4.78, 5) is 35.1. The molecule has 1 aromatic heterocycles. The lowest BCUT2D eigenvalue weighted by Gasteiger charge is -2.10. The minimum Gasteiger partial charge on any atom is -0.481 e. The molecule has 2 amide bonds. The summed E-state index contributed by atoms with van der Waals surface area (Å²) in [6.07, 6.45) is 1.09. The van der Waals surface area contributed by atoms with E-state index in [4.69, 9.17) is 9.52 Å². The molecule has 0 spiro atoms. The molecule has 0 fully saturated rings. The van der Waals surface area contributed by atoms with Crippen LogP contribution < -0.4 is 5.32 Å². The lowest BCUT2D eigenvalue weighted by molar-refractivity contribution is -0.136. The molecule has 0 saturated heterocycles. The summed E-state index contributed by atoms with van der Waals surface area (Å²) in [5, 5.41) is 11.2. The summed E-state index contributed by atoms with van der Waals surface area (Å²) >= 11 is 0. The second-order valence-corrected chi connectivity index (χ2v) is 4.12. The van der Waals surface area contributed by atoms with Crippen molar-refractivity contribution >= 4 is 17.8 Å². The molecule has 0 radical (unpaired) electrons. The SMILES string of the molecule is CN(C)C(=O)CCNC(=O)c1ccoc1CC(=O)O. The normalized spacial score (nSPS) is 10.0. The van der Waals surface area contributed by atoms with Crippen LogP contribution >= 0.6 is 0 Å². The summed E-state index contributed by atoms with van der Waals surface area (Å²) < 4.78 is 4.95. The van der Waals surface area contributed by atoms with E-state index >= 15 is 0 Å². The van der Waals surface area contributed by atoms with E-state index in [0.29, 0.717) is 0 Å². The van der Waals surface area contributed by atoms with E-state index in [9.17, 15) is 14.4 Å². The molecule has 1 rings (SSSR count). The van der Waals surface area contributed by atoms with Crippen molar-refractivity contribution < 1.29 is 23.9 Å². The first-order valence-electron chi connectivity index (χ1n) is 5.68. The van der Waals surface area contributed by atoms with Gasteiger partial charge in [-0.2, -0.15) is 0 Å². The van der Waals surface area contributed by atoms with E-state index in [2.05, 4.69) is 5.32 Å². The van der Waals surface area contributed by atoms with E-state index in [-0.39, 0.29) is 36.6 Å². The Labute approximate surface area is 110 Å². The maximum Gasteiger partial charge on any atom is 0.311 e. The molecule has 7 nitrogen and oxygen atoms in total. The van der Waals surface area contributed by atoms with Crippen LogP contribution in [0.5, 0.6) is 0 Å². The van der Waals surface area contributed by atoms with Crippen molar-refractivity contribution in [2.75, 3.05) is 20.6 Å². The molecular weight excluding hydrogens is 252 g/mol. The molecule has 0 unspecified atom stereocenters. The topological polar surface area (TPSA) is 99.9 Å². The zero-order chi connectivity index (χ0) is 14.4. The number of hydrogen-bond donors (Lipinski definition) is 2. The minimum atomic E-state index is -1.08. The standard InChI is InChI=1S/C12H16N2O5/c1-14(2)10(15)3-5-13-12(18)8-4-6-19-9(8)7-11(16)17/h4,6H,3,5,7H2,1-2H3,(H,13,18)(H,16,17). The number of carbonyl (C=O) groups is 3. The molecular formula is C12H16N2O5. The second kappa shape index (κ2) is 6.58. The Morgan fingerprint density at radius 1 is 1.37 bits per heavy atom. The highest BCUT2D eigenvalue weighted by Gasteiger charge is 2.17. The van der Waals surface area contributed by atoms with Crippen LogP contribution in [0, 0.1) is 0 Å². The summed E-state index contributed by atoms with van der Waals surface area (Å²) in [6, 6.07) is 1.40. The van der Waals surface area contributed by atoms with Crippen LogP contribution in [0.3, 0.4) is 0 Å². The summed E-state index contributed by atoms with van der Waals surface area (Å²) in [5.41, 5.74) is 0.180. The Bertz CT molecular complexity index is 478. The number of nitrogens with zero attached hydrogens (tertiary/aromatic N) is 1. The van der Waals surface area contributed by atoms with Gasteiger partial charge in [0, 0.05) is 27.1 Å². The van der Waals surface area contributed by atoms with Gasteiger partial charge in [0.2, 0.25) is 5.91 Å². The van der Waals surface area contributed by atoms with Gasteiger partial charge in [0.25, 0.3) is 5.91 Å². The third kappa shape index (κ3) is 4.46. The number of hydrogen-bond acceptors (Lipinski definition) is 4. The Kier molecular flexibility index (Phi) is 5.11. The predicted molar refractivity (Wildman–Crippen MR) is 65.7 cm³/mol. The van der Waals surface area contributed by atoms with E-state index in [1.165, 1.54) is 17.2 Å². The van der Waals surface area contributed by atoms with E-state index in [1.54, 1.807) is 14.1 Å². The second-order valence-electron chi connectivity index (χ2n) is 4.12. The zero-order valence-electron chi connectivity index (χ0n) is 10.8. The Morgan fingerprint density at radius 2 is 2.05 bits per heavy atom. The smallest absolute Gasteiger partial charge is 0.311 e. The van der Waals surface area contributed by atoms with Gasteiger partial charge in [0.05, 0.1) is 11.8 Å². The quantitative estimate of drug-likeness (QED) is 0.763. The van der Waals surface area contributed by atoms with Gasteiger partial charge in [-0.1, -0.05) is 0 Å². The van der Waals surface area contributed by atoms with Crippen molar-refractivity contribution in [3.05, 3.63) is 23.7 Å². The fraction of sp³-hybridized carbons (Fsp3) is 0.417. The van der Waals surface area contributed by atoms with Gasteiger partial charge in [0.1, 0.15) is 12.2 Å². The average Bonchev–Trinajstić information content (AvgIpc) is 2.75. The van der Waals surface area contributed by atoms with Crippen molar-refractivity contribution in [2.24, 2.45) is 0 Å². The molecule has 0 saturated carbocycles. The Morgan fingerprint density at radius 3 is 2.63 bits per heavy atom. The molecule has 7 heteroatoms. The minimum absolute atomic E-state index is 0.0988. The van der Waals surface area contributed by atoms with Crippen molar-refractivity contribution in [2.45, 2.75) is 12.8 Å². The summed E-state index contributed by atoms with van der Waals surface area (Å²) in [7, 11) is 3.26. The monoisotopic (exact) mass is 268 g/mol. The number of nitrogens with one attached hydrogen (secondary N) is 1. The molecule has 0 bridgehead atoms. The number of carbonyl (C=O) groups excluding carboxylic acids is 2. The number of carboxylic acid groups (broad SMARTS) is 1. The van der Waals surface area contributed by atoms with Gasteiger partial charge in [-0.15, -0.1) is 0 Å². The maximum absolute atomic E-state index is 11.8. The molecule has 104 valence electrons. The third-order valence-corrected chi connectivity index (χ3v) is 2.43. The van der Waals surface area contributed by atoms with Gasteiger partial charge in [-0.25, -0.2) is 0 Å². The van der Waals surface area contributed by atoms with Crippen LogP contribution in [0.15, 0.2) is 16.7 Å². The van der Waals surface area contributed by atoms with Crippen LogP contribution in [-0.4, -0.2) is 48.4 Å². The molecule has 0 atom stereocenters. The van der Waals surface area contributed by atoms with Crippen LogP contribution in [0.25, 0.3) is 0 Å². The van der Waals surface area contributed by atoms with Crippen molar-refractivity contribution in [1.29, 1.82) is 0 Å². The molecule has 0 aliphatic heterocycles. The number of aliphatic carboxylic acids is 1. The van der Waals surface area contributed by atoms with Crippen molar-refractivity contribution in [3.63, 3.8) is 0 Å². The van der Waals surface area contributed by atoms with E-state index in [0.717, 1.165) is 0 Å². The van der Waals surface area contributed by atoms with E-state index in [1.807, 2.05) is 0 Å². The van der Waals surface area contributed by atoms with Crippen LogP contribution in [-0.2, 0) is 16.0 Å². The number of rotatable bonds is 6. The molecule has 2 N–H and O–H groups in total. The van der Waals surface area contributed by atoms with Crippen LogP contribution in [0.4, 0.5) is 0 Å². The van der Waals surface area contributed by atoms with Gasteiger partial charge in [-0.3, -0.25) is 14.4 Å². The first kappa shape index (κ1) is 14.7. The first-order valence-corrected chi connectivity index (χ1v) is 5.68. The molecule has 1 aromatic rings. The fourth-order valence-electron chi connectivity index (χ4n) is 1.42. The maximum atomic E-state index is 11.8. The van der Waals surface area contributed by atoms with Gasteiger partial charge in [-0.05, 0) is 6.07 Å². The van der Waals surface area contributed by atoms with E-state index < -0.39 is 11.9 Å². The summed E-state index contributed by atoms with van der Waals surface area (Å²) in [6.45, 7) is 0.188. The van der Waals surface area contributed by atoms with Gasteiger partial charge < -0.3 is 19.7 Å². The number of carboxylic acids is 1.